The number of aromatic nitrogens is 1. The molecule has 5 nitrogen and oxygen atoms in total. The van der Waals surface area contributed by atoms with Gasteiger partial charge in [-0.2, -0.15) is 0 Å². The van der Waals surface area contributed by atoms with E-state index in [0.29, 0.717) is 31.3 Å². The Morgan fingerprint density at radius 2 is 2.13 bits per heavy atom. The van der Waals surface area contributed by atoms with E-state index in [1.807, 2.05) is 18.2 Å². The number of amides is 1. The molecule has 3 N–H and O–H groups in total. The number of benzene rings is 1. The van der Waals surface area contributed by atoms with Crippen molar-refractivity contribution in [2.75, 3.05) is 13.2 Å². The van der Waals surface area contributed by atoms with Gasteiger partial charge in [0.05, 0.1) is 6.54 Å². The maximum absolute atomic E-state index is 11.9. The van der Waals surface area contributed by atoms with Gasteiger partial charge in [0.2, 0.25) is 0 Å². The lowest BCUT2D eigenvalue weighted by atomic mass is 10.0. The molecule has 0 spiro atoms. The Balaban J connectivity index is 0.00000264. The van der Waals surface area contributed by atoms with E-state index >= 15 is 0 Å². The summed E-state index contributed by atoms with van der Waals surface area (Å²) in [4.78, 5) is 16.0. The Labute approximate surface area is 146 Å². The number of ether oxygens (including phenoxy) is 1. The smallest absolute Gasteiger partial charge is 0.270 e. The van der Waals surface area contributed by atoms with Crippen molar-refractivity contribution in [3.63, 3.8) is 0 Å². The molecule has 23 heavy (non-hydrogen) atoms. The highest BCUT2D eigenvalue weighted by molar-refractivity contribution is 7.09. The maximum atomic E-state index is 11.9. The van der Waals surface area contributed by atoms with Gasteiger partial charge < -0.3 is 15.8 Å². The first-order valence-electron chi connectivity index (χ1n) is 7.26. The Morgan fingerprint density at radius 1 is 1.39 bits per heavy atom. The molecule has 2 rings (SSSR count). The van der Waals surface area contributed by atoms with Gasteiger partial charge in [0, 0.05) is 11.9 Å². The van der Waals surface area contributed by atoms with Crippen LogP contribution in [0.2, 0.25) is 0 Å². The van der Waals surface area contributed by atoms with Crippen molar-refractivity contribution in [1.29, 1.82) is 0 Å². The number of nitrogens with two attached hydrogens (primary N) is 1. The first-order valence-corrected chi connectivity index (χ1v) is 8.14. The first-order chi connectivity index (χ1) is 10.6. The number of para-hydroxylation sites is 1. The van der Waals surface area contributed by atoms with Crippen molar-refractivity contribution in [2.24, 2.45) is 5.73 Å². The summed E-state index contributed by atoms with van der Waals surface area (Å²) in [6.45, 7) is 5.46. The van der Waals surface area contributed by atoms with Crippen molar-refractivity contribution in [1.82, 2.24) is 10.3 Å². The van der Waals surface area contributed by atoms with Crippen LogP contribution in [0.25, 0.3) is 0 Å². The molecule has 1 aromatic carbocycles. The summed E-state index contributed by atoms with van der Waals surface area (Å²) < 4.78 is 5.76. The van der Waals surface area contributed by atoms with E-state index in [0.717, 1.165) is 10.8 Å². The van der Waals surface area contributed by atoms with Gasteiger partial charge in [-0.15, -0.1) is 23.7 Å². The van der Waals surface area contributed by atoms with Crippen molar-refractivity contribution < 1.29 is 9.53 Å². The molecule has 0 saturated heterocycles. The van der Waals surface area contributed by atoms with Gasteiger partial charge in [0.25, 0.3) is 5.91 Å². The number of nitrogens with zero attached hydrogens (tertiary/aromatic N) is 1. The van der Waals surface area contributed by atoms with Crippen LogP contribution in [0.4, 0.5) is 0 Å². The molecule has 7 heteroatoms. The third-order valence-corrected chi connectivity index (χ3v) is 4.02. The summed E-state index contributed by atoms with van der Waals surface area (Å²) in [5.41, 5.74) is 7.06. The molecule has 2 aromatic rings. The second kappa shape index (κ2) is 9.50. The quantitative estimate of drug-likeness (QED) is 0.748. The van der Waals surface area contributed by atoms with Gasteiger partial charge in [-0.05, 0) is 17.5 Å². The minimum atomic E-state index is -0.198. The van der Waals surface area contributed by atoms with Crippen LogP contribution in [0.5, 0.6) is 5.75 Å². The van der Waals surface area contributed by atoms with Crippen LogP contribution in [-0.4, -0.2) is 24.0 Å². The van der Waals surface area contributed by atoms with E-state index < -0.39 is 0 Å². The molecular formula is C16H22ClN3O2S. The molecule has 1 heterocycles. The Kier molecular flexibility index (Phi) is 8.02. The van der Waals surface area contributed by atoms with E-state index in [4.69, 9.17) is 10.5 Å². The van der Waals surface area contributed by atoms with E-state index in [2.05, 4.69) is 30.2 Å². The molecule has 1 amide bonds. The lowest BCUT2D eigenvalue weighted by molar-refractivity contribution is 0.0942. The fourth-order valence-electron chi connectivity index (χ4n) is 2.01. The summed E-state index contributed by atoms with van der Waals surface area (Å²) in [7, 11) is 0. The minimum absolute atomic E-state index is 0. The summed E-state index contributed by atoms with van der Waals surface area (Å²) in [6.07, 6.45) is 0. The molecular weight excluding hydrogens is 334 g/mol. The van der Waals surface area contributed by atoms with Crippen molar-refractivity contribution in [3.05, 3.63) is 45.9 Å². The molecule has 0 radical (unpaired) electrons. The molecule has 126 valence electrons. The van der Waals surface area contributed by atoms with Crippen LogP contribution < -0.4 is 15.8 Å². The number of halogens is 1. The fraction of sp³-hybridized carbons (Fsp3) is 0.375. The number of carbonyl (C=O) groups is 1. The fourth-order valence-corrected chi connectivity index (χ4v) is 2.67. The number of hydrogen-bond donors (Lipinski definition) is 2. The van der Waals surface area contributed by atoms with E-state index in [-0.39, 0.29) is 18.3 Å². The molecule has 0 aliphatic heterocycles. The highest BCUT2D eigenvalue weighted by atomic mass is 35.5. The maximum Gasteiger partial charge on any atom is 0.270 e. The van der Waals surface area contributed by atoms with E-state index in [9.17, 15) is 4.79 Å². The van der Waals surface area contributed by atoms with Crippen LogP contribution in [-0.2, 0) is 6.54 Å². The van der Waals surface area contributed by atoms with Crippen LogP contribution in [0.1, 0.15) is 40.8 Å². The third kappa shape index (κ3) is 5.49. The third-order valence-electron chi connectivity index (χ3n) is 3.15. The standard InChI is InChI=1S/C16H21N3O2S.ClH/c1-11(2)12-5-3-4-6-14(12)21-8-7-18-16(20)13-10-22-15(9-17)19-13;/h3-6,10-11H,7-9,17H2,1-2H3,(H,18,20);1H. The van der Waals surface area contributed by atoms with Gasteiger partial charge in [-0.3, -0.25) is 4.79 Å². The lowest BCUT2D eigenvalue weighted by Crippen LogP contribution is -2.28. The normalized spacial score (nSPS) is 10.3. The average Bonchev–Trinajstić information content (AvgIpc) is 3.00. The highest BCUT2D eigenvalue weighted by Gasteiger charge is 2.10. The summed E-state index contributed by atoms with van der Waals surface area (Å²) in [6, 6.07) is 7.96. The van der Waals surface area contributed by atoms with Gasteiger partial charge in [-0.1, -0.05) is 32.0 Å². The van der Waals surface area contributed by atoms with Crippen molar-refractivity contribution >= 4 is 29.7 Å². The first kappa shape index (κ1) is 19.4. The molecule has 0 bridgehead atoms. The Bertz CT molecular complexity index is 631. The van der Waals surface area contributed by atoms with Crippen LogP contribution in [0.15, 0.2) is 29.6 Å². The molecule has 0 saturated carbocycles. The average molecular weight is 356 g/mol. The number of thiazole rings is 1. The second-order valence-corrected chi connectivity index (χ2v) is 6.07. The molecule has 0 aliphatic carbocycles. The second-order valence-electron chi connectivity index (χ2n) is 5.13. The van der Waals surface area contributed by atoms with Crippen molar-refractivity contribution in [2.45, 2.75) is 26.3 Å². The largest absolute Gasteiger partial charge is 0.491 e. The Morgan fingerprint density at radius 3 is 2.78 bits per heavy atom. The summed E-state index contributed by atoms with van der Waals surface area (Å²) >= 11 is 1.39. The predicted octanol–water partition coefficient (Wildman–Crippen LogP) is 2.96. The number of rotatable bonds is 7. The Hall–Kier alpha value is -1.63. The molecule has 0 atom stereocenters. The van der Waals surface area contributed by atoms with Crippen molar-refractivity contribution in [3.8, 4) is 5.75 Å². The van der Waals surface area contributed by atoms with Crippen LogP contribution in [0.3, 0.4) is 0 Å². The number of nitrogens with one attached hydrogen (secondary N) is 1. The van der Waals surface area contributed by atoms with Crippen LogP contribution in [0, 0.1) is 0 Å². The minimum Gasteiger partial charge on any atom is -0.491 e. The predicted molar refractivity (Wildman–Crippen MR) is 95.6 cm³/mol. The molecule has 1 aromatic heterocycles. The van der Waals surface area contributed by atoms with Gasteiger partial charge in [-0.25, -0.2) is 4.98 Å². The molecule has 0 unspecified atom stereocenters. The summed E-state index contributed by atoms with van der Waals surface area (Å²) in [5.74, 6) is 1.07. The van der Waals surface area contributed by atoms with E-state index in [1.54, 1.807) is 5.38 Å². The molecule has 0 aliphatic rings. The zero-order valence-electron chi connectivity index (χ0n) is 13.2. The zero-order valence-corrected chi connectivity index (χ0v) is 14.9. The zero-order chi connectivity index (χ0) is 15.9. The lowest BCUT2D eigenvalue weighted by Gasteiger charge is -2.13. The van der Waals surface area contributed by atoms with Gasteiger partial charge in [0.1, 0.15) is 23.1 Å². The SMILES string of the molecule is CC(C)c1ccccc1OCCNC(=O)c1csc(CN)n1.Cl. The van der Waals surface area contributed by atoms with E-state index in [1.165, 1.54) is 16.9 Å². The molecule has 0 fully saturated rings. The summed E-state index contributed by atoms with van der Waals surface area (Å²) in [5, 5.41) is 5.27. The topological polar surface area (TPSA) is 77.2 Å². The highest BCUT2D eigenvalue weighted by Crippen LogP contribution is 2.25. The van der Waals surface area contributed by atoms with Gasteiger partial charge >= 0.3 is 0 Å². The monoisotopic (exact) mass is 355 g/mol. The van der Waals surface area contributed by atoms with Gasteiger partial charge in [0.15, 0.2) is 0 Å². The number of carbonyl (C=O) groups excluding carboxylic acids is 1. The van der Waals surface area contributed by atoms with Crippen LogP contribution >= 0.6 is 23.7 Å². The number of hydrogen-bond acceptors (Lipinski definition) is 5.